The third-order valence-electron chi connectivity index (χ3n) is 2.60. The minimum absolute atomic E-state index is 0.914. The fourth-order valence-corrected chi connectivity index (χ4v) is 1.70. The van der Waals surface area contributed by atoms with Crippen LogP contribution in [0.2, 0.25) is 0 Å². The minimum atomic E-state index is 0.914. The van der Waals surface area contributed by atoms with Gasteiger partial charge in [-0.15, -0.1) is 0 Å². The number of aromatic amines is 1. The first-order valence-electron chi connectivity index (χ1n) is 5.85. The standard InChI is InChI=1S/C8H6N2.C6H5N3/c1-2-4-8-7(3-1)9-5-6-10-8;1-2-4-6-5(3-1)7-9-8-6/h1-6H;1-4H,(H,7,8,9). The van der Waals surface area contributed by atoms with Gasteiger partial charge in [0.05, 0.1) is 11.0 Å². The minimum Gasteiger partial charge on any atom is -0.253 e. The van der Waals surface area contributed by atoms with Crippen molar-refractivity contribution in [3.63, 3.8) is 0 Å². The van der Waals surface area contributed by atoms with Gasteiger partial charge in [-0.2, -0.15) is 15.4 Å². The Hall–Kier alpha value is -2.82. The Morgan fingerprint density at radius 3 is 1.47 bits per heavy atom. The highest BCUT2D eigenvalue weighted by atomic mass is 15.3. The van der Waals surface area contributed by atoms with Gasteiger partial charge in [-0.1, -0.05) is 24.3 Å². The van der Waals surface area contributed by atoms with E-state index >= 15 is 0 Å². The van der Waals surface area contributed by atoms with Gasteiger partial charge in [0.1, 0.15) is 11.0 Å². The van der Waals surface area contributed by atoms with Gasteiger partial charge in [0.2, 0.25) is 0 Å². The normalized spacial score (nSPS) is 10.1. The summed E-state index contributed by atoms with van der Waals surface area (Å²) in [4.78, 5) is 8.24. The molecule has 0 fully saturated rings. The first-order valence-corrected chi connectivity index (χ1v) is 5.85. The van der Waals surface area contributed by atoms with Crippen LogP contribution >= 0.6 is 0 Å². The maximum atomic E-state index is 4.12. The van der Waals surface area contributed by atoms with Gasteiger partial charge in [-0.25, -0.2) is 0 Å². The van der Waals surface area contributed by atoms with Crippen LogP contribution in [-0.4, -0.2) is 25.4 Å². The number of nitrogens with zero attached hydrogens (tertiary/aromatic N) is 4. The molecule has 0 amide bonds. The van der Waals surface area contributed by atoms with E-state index in [0.29, 0.717) is 0 Å². The molecule has 0 atom stereocenters. The number of benzene rings is 2. The third-order valence-corrected chi connectivity index (χ3v) is 2.60. The van der Waals surface area contributed by atoms with E-state index in [0.717, 1.165) is 22.1 Å². The predicted molar refractivity (Wildman–Crippen MR) is 73.4 cm³/mol. The summed E-state index contributed by atoms with van der Waals surface area (Å²) in [6.07, 6.45) is 3.39. The lowest BCUT2D eigenvalue weighted by Gasteiger charge is -1.90. The molecule has 0 saturated carbocycles. The van der Waals surface area contributed by atoms with Crippen molar-refractivity contribution in [2.75, 3.05) is 0 Å². The second-order valence-electron chi connectivity index (χ2n) is 3.86. The van der Waals surface area contributed by atoms with Crippen LogP contribution in [-0.2, 0) is 0 Å². The van der Waals surface area contributed by atoms with Crippen molar-refractivity contribution >= 4 is 22.1 Å². The molecule has 0 spiro atoms. The summed E-state index contributed by atoms with van der Waals surface area (Å²) in [5.41, 5.74) is 3.73. The van der Waals surface area contributed by atoms with Crippen molar-refractivity contribution in [2.24, 2.45) is 0 Å². The number of nitrogens with one attached hydrogen (secondary N) is 1. The van der Waals surface area contributed by atoms with Gasteiger partial charge in [-0.05, 0) is 24.3 Å². The van der Waals surface area contributed by atoms with Crippen LogP contribution in [0.25, 0.3) is 22.1 Å². The molecular formula is C14H11N5. The Bertz CT molecular complexity index is 698. The summed E-state index contributed by atoms with van der Waals surface area (Å²) in [5, 5.41) is 10.3. The van der Waals surface area contributed by atoms with Crippen molar-refractivity contribution in [2.45, 2.75) is 0 Å². The summed E-state index contributed by atoms with van der Waals surface area (Å²) < 4.78 is 0. The van der Waals surface area contributed by atoms with E-state index in [1.807, 2.05) is 48.5 Å². The Balaban J connectivity index is 0.000000117. The van der Waals surface area contributed by atoms with E-state index in [4.69, 9.17) is 0 Å². The Labute approximate surface area is 109 Å². The second kappa shape index (κ2) is 5.22. The van der Waals surface area contributed by atoms with Crippen LogP contribution in [0.15, 0.2) is 60.9 Å². The summed E-state index contributed by atoms with van der Waals surface area (Å²) in [6, 6.07) is 15.5. The number of hydrogen-bond acceptors (Lipinski definition) is 4. The number of hydrogen-bond donors (Lipinski definition) is 1. The topological polar surface area (TPSA) is 67.3 Å². The smallest absolute Gasteiger partial charge is 0.112 e. The van der Waals surface area contributed by atoms with Crippen LogP contribution in [0, 0.1) is 0 Å². The number of aromatic nitrogens is 5. The average molecular weight is 249 g/mol. The third kappa shape index (κ3) is 2.55. The summed E-state index contributed by atoms with van der Waals surface area (Å²) in [6.45, 7) is 0. The first-order chi connectivity index (χ1) is 9.43. The van der Waals surface area contributed by atoms with E-state index in [1.165, 1.54) is 0 Å². The lowest BCUT2D eigenvalue weighted by molar-refractivity contribution is 0.959. The van der Waals surface area contributed by atoms with Crippen molar-refractivity contribution in [1.29, 1.82) is 0 Å². The molecule has 0 aliphatic heterocycles. The molecule has 0 unspecified atom stereocenters. The molecule has 4 aromatic rings. The van der Waals surface area contributed by atoms with Gasteiger partial charge in [0, 0.05) is 12.4 Å². The van der Waals surface area contributed by atoms with Gasteiger partial charge >= 0.3 is 0 Å². The van der Waals surface area contributed by atoms with Crippen molar-refractivity contribution in [3.05, 3.63) is 60.9 Å². The number of fused-ring (bicyclic) bond motifs is 2. The highest BCUT2D eigenvalue weighted by Crippen LogP contribution is 2.04. The zero-order valence-corrected chi connectivity index (χ0v) is 10.1. The van der Waals surface area contributed by atoms with Gasteiger partial charge < -0.3 is 0 Å². The van der Waals surface area contributed by atoms with Crippen molar-refractivity contribution in [3.8, 4) is 0 Å². The van der Waals surface area contributed by atoms with Gasteiger partial charge in [-0.3, -0.25) is 9.97 Å². The van der Waals surface area contributed by atoms with Gasteiger partial charge in [0.25, 0.3) is 0 Å². The molecule has 0 radical (unpaired) electrons. The number of para-hydroxylation sites is 4. The number of rotatable bonds is 0. The Morgan fingerprint density at radius 2 is 1.00 bits per heavy atom. The van der Waals surface area contributed by atoms with E-state index in [-0.39, 0.29) is 0 Å². The Kier molecular flexibility index (Phi) is 3.10. The molecule has 5 heteroatoms. The zero-order valence-electron chi connectivity index (χ0n) is 10.1. The molecule has 2 aromatic carbocycles. The van der Waals surface area contributed by atoms with E-state index in [1.54, 1.807) is 12.4 Å². The molecular weight excluding hydrogens is 238 g/mol. The molecule has 92 valence electrons. The molecule has 4 rings (SSSR count). The van der Waals surface area contributed by atoms with E-state index in [2.05, 4.69) is 25.4 Å². The van der Waals surface area contributed by atoms with Gasteiger partial charge in [0.15, 0.2) is 0 Å². The fourth-order valence-electron chi connectivity index (χ4n) is 1.70. The van der Waals surface area contributed by atoms with Crippen LogP contribution in [0.1, 0.15) is 0 Å². The largest absolute Gasteiger partial charge is 0.253 e. The van der Waals surface area contributed by atoms with Crippen molar-refractivity contribution < 1.29 is 0 Å². The molecule has 5 nitrogen and oxygen atoms in total. The molecule has 19 heavy (non-hydrogen) atoms. The van der Waals surface area contributed by atoms with Crippen molar-refractivity contribution in [1.82, 2.24) is 25.4 Å². The van der Waals surface area contributed by atoms with Crippen LogP contribution in [0.3, 0.4) is 0 Å². The zero-order chi connectivity index (χ0) is 12.9. The lowest BCUT2D eigenvalue weighted by atomic mass is 10.3. The highest BCUT2D eigenvalue weighted by Gasteiger charge is 1.90. The second-order valence-corrected chi connectivity index (χ2v) is 3.86. The fraction of sp³-hybridized carbons (Fsp3) is 0. The summed E-state index contributed by atoms with van der Waals surface area (Å²) >= 11 is 0. The maximum absolute atomic E-state index is 4.12. The van der Waals surface area contributed by atoms with Crippen LogP contribution in [0.4, 0.5) is 0 Å². The molecule has 0 bridgehead atoms. The van der Waals surface area contributed by atoms with Crippen LogP contribution in [0.5, 0.6) is 0 Å². The molecule has 1 N–H and O–H groups in total. The molecule has 0 aliphatic carbocycles. The average Bonchev–Trinajstić information content (AvgIpc) is 2.96. The molecule has 0 saturated heterocycles. The predicted octanol–water partition coefficient (Wildman–Crippen LogP) is 2.59. The molecule has 0 aliphatic rings. The highest BCUT2D eigenvalue weighted by molar-refractivity contribution is 5.73. The summed E-state index contributed by atoms with van der Waals surface area (Å²) in [7, 11) is 0. The Morgan fingerprint density at radius 1 is 0.579 bits per heavy atom. The SMILES string of the molecule is c1ccc2n[nH]nc2c1.c1ccc2nccnc2c1. The van der Waals surface area contributed by atoms with E-state index < -0.39 is 0 Å². The molecule has 2 aromatic heterocycles. The first kappa shape index (κ1) is 11.3. The quantitative estimate of drug-likeness (QED) is 0.520. The van der Waals surface area contributed by atoms with Crippen LogP contribution < -0.4 is 0 Å². The monoisotopic (exact) mass is 249 g/mol. The summed E-state index contributed by atoms with van der Waals surface area (Å²) in [5.74, 6) is 0. The number of H-pyrrole nitrogens is 1. The van der Waals surface area contributed by atoms with E-state index in [9.17, 15) is 0 Å². The molecule has 2 heterocycles. The maximum Gasteiger partial charge on any atom is 0.112 e. The lowest BCUT2D eigenvalue weighted by Crippen LogP contribution is -1.78.